The molecular weight excluding hydrogens is 224 g/mol. The van der Waals surface area contributed by atoms with E-state index in [1.165, 1.54) is 0 Å². The lowest BCUT2D eigenvalue weighted by Crippen LogP contribution is -2.40. The standard InChI is InChI=1S/C14H14N4/c1-14(15,11-5-3-2-4-6-11)18-10-17-12-9-16-8-7-13(12)18/h2-10H,15H2,1H3. The third-order valence-corrected chi connectivity index (χ3v) is 3.21. The van der Waals surface area contributed by atoms with Gasteiger partial charge in [0.1, 0.15) is 11.2 Å². The molecule has 0 aliphatic carbocycles. The molecule has 1 unspecified atom stereocenters. The van der Waals surface area contributed by atoms with Gasteiger partial charge >= 0.3 is 0 Å². The summed E-state index contributed by atoms with van der Waals surface area (Å²) < 4.78 is 1.97. The highest BCUT2D eigenvalue weighted by molar-refractivity contribution is 5.74. The summed E-state index contributed by atoms with van der Waals surface area (Å²) in [4.78, 5) is 8.40. The molecule has 0 amide bonds. The first kappa shape index (κ1) is 10.9. The summed E-state index contributed by atoms with van der Waals surface area (Å²) in [5.74, 6) is 0. The van der Waals surface area contributed by atoms with E-state index in [2.05, 4.69) is 9.97 Å². The Hall–Kier alpha value is -2.20. The smallest absolute Gasteiger partial charge is 0.117 e. The number of benzene rings is 1. The van der Waals surface area contributed by atoms with Crippen molar-refractivity contribution in [2.75, 3.05) is 0 Å². The van der Waals surface area contributed by atoms with Crippen LogP contribution >= 0.6 is 0 Å². The first-order valence-electron chi connectivity index (χ1n) is 5.81. The van der Waals surface area contributed by atoms with E-state index in [9.17, 15) is 0 Å². The van der Waals surface area contributed by atoms with Gasteiger partial charge < -0.3 is 10.3 Å². The summed E-state index contributed by atoms with van der Waals surface area (Å²) >= 11 is 0. The molecule has 3 aromatic rings. The Morgan fingerprint density at radius 2 is 1.94 bits per heavy atom. The van der Waals surface area contributed by atoms with Crippen LogP contribution in [0.25, 0.3) is 11.0 Å². The predicted octanol–water partition coefficient (Wildman–Crippen LogP) is 2.11. The normalized spacial score (nSPS) is 14.6. The van der Waals surface area contributed by atoms with E-state index in [1.807, 2.05) is 47.9 Å². The van der Waals surface area contributed by atoms with Crippen LogP contribution in [0.3, 0.4) is 0 Å². The molecule has 2 heterocycles. The minimum absolute atomic E-state index is 0.628. The molecule has 0 aliphatic heterocycles. The third kappa shape index (κ3) is 1.58. The summed E-state index contributed by atoms with van der Waals surface area (Å²) in [5.41, 5.74) is 8.72. The lowest BCUT2D eigenvalue weighted by atomic mass is 10.0. The van der Waals surface area contributed by atoms with Crippen LogP contribution in [0.2, 0.25) is 0 Å². The summed E-state index contributed by atoms with van der Waals surface area (Å²) in [5, 5.41) is 0. The number of nitrogens with zero attached hydrogens (tertiary/aromatic N) is 3. The molecule has 4 nitrogen and oxygen atoms in total. The molecule has 0 spiro atoms. The summed E-state index contributed by atoms with van der Waals surface area (Å²) in [6, 6.07) is 11.9. The number of rotatable bonds is 2. The van der Waals surface area contributed by atoms with Gasteiger partial charge in [0.05, 0.1) is 18.0 Å². The highest BCUT2D eigenvalue weighted by Crippen LogP contribution is 2.24. The maximum atomic E-state index is 6.47. The molecule has 90 valence electrons. The first-order chi connectivity index (χ1) is 8.69. The molecule has 1 aromatic carbocycles. The van der Waals surface area contributed by atoms with Crippen molar-refractivity contribution in [2.24, 2.45) is 5.73 Å². The van der Waals surface area contributed by atoms with Gasteiger partial charge in [-0.3, -0.25) is 4.98 Å². The van der Waals surface area contributed by atoms with E-state index in [0.717, 1.165) is 16.6 Å². The second-order valence-corrected chi connectivity index (χ2v) is 4.49. The lowest BCUT2D eigenvalue weighted by molar-refractivity contribution is 0.421. The predicted molar refractivity (Wildman–Crippen MR) is 70.9 cm³/mol. The van der Waals surface area contributed by atoms with Gasteiger partial charge in [-0.2, -0.15) is 0 Å². The first-order valence-corrected chi connectivity index (χ1v) is 5.81. The number of nitrogens with two attached hydrogens (primary N) is 1. The van der Waals surface area contributed by atoms with Crippen LogP contribution in [0.1, 0.15) is 12.5 Å². The molecule has 2 aromatic heterocycles. The Balaban J connectivity index is 2.20. The Kier molecular flexibility index (Phi) is 2.38. The molecule has 0 radical (unpaired) electrons. The maximum Gasteiger partial charge on any atom is 0.117 e. The van der Waals surface area contributed by atoms with Crippen molar-refractivity contribution >= 4 is 11.0 Å². The highest BCUT2D eigenvalue weighted by Gasteiger charge is 2.24. The average Bonchev–Trinajstić information content (AvgIpc) is 2.84. The highest BCUT2D eigenvalue weighted by atomic mass is 15.2. The van der Waals surface area contributed by atoms with Crippen molar-refractivity contribution in [1.82, 2.24) is 14.5 Å². The van der Waals surface area contributed by atoms with Gasteiger partial charge in [0, 0.05) is 6.20 Å². The summed E-state index contributed by atoms with van der Waals surface area (Å²) in [6.45, 7) is 1.98. The Morgan fingerprint density at radius 3 is 2.72 bits per heavy atom. The Morgan fingerprint density at radius 1 is 1.17 bits per heavy atom. The number of imidazole rings is 1. The van der Waals surface area contributed by atoms with Crippen LogP contribution in [0, 0.1) is 0 Å². The summed E-state index contributed by atoms with van der Waals surface area (Å²) in [6.07, 6.45) is 5.26. The number of pyridine rings is 1. The largest absolute Gasteiger partial charge is 0.308 e. The van der Waals surface area contributed by atoms with E-state index in [0.29, 0.717) is 0 Å². The zero-order valence-corrected chi connectivity index (χ0v) is 10.1. The van der Waals surface area contributed by atoms with Crippen molar-refractivity contribution < 1.29 is 0 Å². The van der Waals surface area contributed by atoms with E-state index in [4.69, 9.17) is 5.73 Å². The molecule has 0 aliphatic rings. The van der Waals surface area contributed by atoms with Crippen LogP contribution in [0.4, 0.5) is 0 Å². The third-order valence-electron chi connectivity index (χ3n) is 3.21. The van der Waals surface area contributed by atoms with Crippen LogP contribution in [-0.2, 0) is 5.66 Å². The number of fused-ring (bicyclic) bond motifs is 1. The van der Waals surface area contributed by atoms with Crippen molar-refractivity contribution in [3.8, 4) is 0 Å². The molecule has 0 saturated carbocycles. The molecule has 0 fully saturated rings. The van der Waals surface area contributed by atoms with E-state index < -0.39 is 5.66 Å². The molecule has 18 heavy (non-hydrogen) atoms. The molecule has 4 heteroatoms. The van der Waals surface area contributed by atoms with Crippen LogP contribution in [0.15, 0.2) is 55.1 Å². The monoisotopic (exact) mass is 238 g/mol. The van der Waals surface area contributed by atoms with Gasteiger partial charge in [-0.25, -0.2) is 4.98 Å². The Labute approximate surface area is 105 Å². The van der Waals surface area contributed by atoms with Crippen LogP contribution in [0.5, 0.6) is 0 Å². The summed E-state index contributed by atoms with van der Waals surface area (Å²) in [7, 11) is 0. The SMILES string of the molecule is CC(N)(c1ccccc1)n1cnc2cnccc21. The second-order valence-electron chi connectivity index (χ2n) is 4.49. The molecule has 2 N–H and O–H groups in total. The fraction of sp³-hybridized carbons (Fsp3) is 0.143. The Bertz CT molecular complexity index is 670. The van der Waals surface area contributed by atoms with E-state index in [1.54, 1.807) is 18.7 Å². The quantitative estimate of drug-likeness (QED) is 0.744. The topological polar surface area (TPSA) is 56.7 Å². The van der Waals surface area contributed by atoms with Crippen molar-refractivity contribution in [3.05, 3.63) is 60.7 Å². The number of hydrogen-bond acceptors (Lipinski definition) is 3. The van der Waals surface area contributed by atoms with Gasteiger partial charge in [-0.15, -0.1) is 0 Å². The van der Waals surface area contributed by atoms with Gasteiger partial charge in [-0.05, 0) is 18.6 Å². The van der Waals surface area contributed by atoms with Crippen molar-refractivity contribution in [3.63, 3.8) is 0 Å². The average molecular weight is 238 g/mol. The number of aromatic nitrogens is 3. The van der Waals surface area contributed by atoms with Gasteiger partial charge in [0.25, 0.3) is 0 Å². The van der Waals surface area contributed by atoms with Gasteiger partial charge in [-0.1, -0.05) is 30.3 Å². The van der Waals surface area contributed by atoms with E-state index >= 15 is 0 Å². The van der Waals surface area contributed by atoms with E-state index in [-0.39, 0.29) is 0 Å². The molecular formula is C14H14N4. The molecule has 0 bridgehead atoms. The second kappa shape index (κ2) is 3.92. The minimum Gasteiger partial charge on any atom is -0.308 e. The molecule has 0 saturated heterocycles. The van der Waals surface area contributed by atoms with Gasteiger partial charge in [0.15, 0.2) is 0 Å². The van der Waals surface area contributed by atoms with Gasteiger partial charge in [0.2, 0.25) is 0 Å². The van der Waals surface area contributed by atoms with Crippen LogP contribution < -0.4 is 5.73 Å². The minimum atomic E-state index is -0.628. The molecule has 3 rings (SSSR count). The van der Waals surface area contributed by atoms with Crippen LogP contribution in [-0.4, -0.2) is 14.5 Å². The maximum absolute atomic E-state index is 6.47. The fourth-order valence-corrected chi connectivity index (χ4v) is 2.15. The molecule has 1 atom stereocenters. The number of hydrogen-bond donors (Lipinski definition) is 1. The van der Waals surface area contributed by atoms with Crippen molar-refractivity contribution in [1.29, 1.82) is 0 Å². The fourth-order valence-electron chi connectivity index (χ4n) is 2.15. The lowest BCUT2D eigenvalue weighted by Gasteiger charge is -2.27. The zero-order valence-electron chi connectivity index (χ0n) is 10.1. The zero-order chi connectivity index (χ0) is 12.6. The van der Waals surface area contributed by atoms with Crippen molar-refractivity contribution in [2.45, 2.75) is 12.6 Å².